The highest BCUT2D eigenvalue weighted by Gasteiger charge is 2.17. The molecule has 2 rings (SSSR count). The van der Waals surface area contributed by atoms with Crippen molar-refractivity contribution < 1.29 is 14.6 Å². The molecule has 1 aromatic rings. The van der Waals surface area contributed by atoms with Crippen molar-refractivity contribution in [3.63, 3.8) is 0 Å². The van der Waals surface area contributed by atoms with Gasteiger partial charge in [0.25, 0.3) is 0 Å². The summed E-state index contributed by atoms with van der Waals surface area (Å²) in [5.74, 6) is -0.212. The predicted octanol–water partition coefficient (Wildman–Crippen LogP) is 1.42. The van der Waals surface area contributed by atoms with Crippen molar-refractivity contribution >= 4 is 17.7 Å². The lowest BCUT2D eigenvalue weighted by Gasteiger charge is -2.28. The van der Waals surface area contributed by atoms with Gasteiger partial charge in [-0.2, -0.15) is 0 Å². The number of anilines is 1. The van der Waals surface area contributed by atoms with Crippen molar-refractivity contribution in [2.75, 3.05) is 37.8 Å². The van der Waals surface area contributed by atoms with E-state index in [1.54, 1.807) is 19.9 Å². The summed E-state index contributed by atoms with van der Waals surface area (Å²) in [4.78, 5) is 14.1. The van der Waals surface area contributed by atoms with Crippen molar-refractivity contribution in [2.24, 2.45) is 0 Å². The molecule has 5 heteroatoms. The second-order valence-electron chi connectivity index (χ2n) is 6.06. The fraction of sp³-hybridized carbons (Fsp3) is 0.471. The molecule has 1 fully saturated rings. The topological polar surface area (TPSA) is 61.8 Å². The number of rotatable bonds is 5. The van der Waals surface area contributed by atoms with Crippen LogP contribution in [0.2, 0.25) is 0 Å². The first-order chi connectivity index (χ1) is 10.5. The lowest BCUT2D eigenvalue weighted by molar-refractivity contribution is -0.118. The zero-order valence-corrected chi connectivity index (χ0v) is 13.2. The normalized spacial score (nSPS) is 16.0. The second-order valence-corrected chi connectivity index (χ2v) is 6.06. The lowest BCUT2D eigenvalue weighted by Crippen LogP contribution is -2.45. The first kappa shape index (κ1) is 16.5. The van der Waals surface area contributed by atoms with E-state index in [2.05, 4.69) is 22.3 Å². The maximum atomic E-state index is 11.8. The number of carbonyl (C=O) groups excluding carboxylic acids is 1. The average Bonchev–Trinajstić information content (AvgIpc) is 2.54. The Balaban J connectivity index is 1.93. The van der Waals surface area contributed by atoms with Gasteiger partial charge in [-0.1, -0.05) is 12.1 Å². The highest BCUT2D eigenvalue weighted by Crippen LogP contribution is 2.17. The van der Waals surface area contributed by atoms with Gasteiger partial charge in [0, 0.05) is 24.9 Å². The zero-order valence-electron chi connectivity index (χ0n) is 13.2. The Kier molecular flexibility index (Phi) is 5.57. The van der Waals surface area contributed by atoms with Crippen LogP contribution in [0.25, 0.3) is 6.08 Å². The summed E-state index contributed by atoms with van der Waals surface area (Å²) in [6.45, 7) is 6.80. The molecule has 120 valence electrons. The number of nitrogens with one attached hydrogen (secondary N) is 1. The fourth-order valence-electron chi connectivity index (χ4n) is 2.20. The second kappa shape index (κ2) is 7.42. The van der Waals surface area contributed by atoms with Gasteiger partial charge in [0.1, 0.15) is 0 Å². The van der Waals surface area contributed by atoms with E-state index in [0.29, 0.717) is 0 Å². The number of hydrogen-bond donors (Lipinski definition) is 2. The summed E-state index contributed by atoms with van der Waals surface area (Å²) in [6, 6.07) is 8.10. The summed E-state index contributed by atoms with van der Waals surface area (Å²) in [7, 11) is 0. The zero-order chi connectivity index (χ0) is 16.0. The Morgan fingerprint density at radius 1 is 1.32 bits per heavy atom. The van der Waals surface area contributed by atoms with Crippen molar-refractivity contribution in [3.05, 3.63) is 35.9 Å². The standard InChI is InChI=1S/C17H24N2O3/c1-17(2,13-20)18-16(21)8-5-14-3-6-15(7-4-14)19-9-11-22-12-10-19/h3-8,20H,9-13H2,1-2H3,(H,18,21)/b8-5+. The monoisotopic (exact) mass is 304 g/mol. The van der Waals surface area contributed by atoms with E-state index in [0.717, 1.165) is 31.9 Å². The highest BCUT2D eigenvalue weighted by atomic mass is 16.5. The molecular formula is C17H24N2O3. The summed E-state index contributed by atoms with van der Waals surface area (Å²) in [5.41, 5.74) is 1.53. The van der Waals surface area contributed by atoms with Crippen LogP contribution < -0.4 is 10.2 Å². The van der Waals surface area contributed by atoms with E-state index in [9.17, 15) is 4.79 Å². The number of aliphatic hydroxyl groups is 1. The number of nitrogens with zero attached hydrogens (tertiary/aromatic N) is 1. The third-order valence-electron chi connectivity index (χ3n) is 3.55. The van der Waals surface area contributed by atoms with Crippen LogP contribution in [0.3, 0.4) is 0 Å². The van der Waals surface area contributed by atoms with E-state index in [-0.39, 0.29) is 12.5 Å². The Morgan fingerprint density at radius 3 is 2.55 bits per heavy atom. The van der Waals surface area contributed by atoms with Crippen molar-refractivity contribution in [2.45, 2.75) is 19.4 Å². The Hall–Kier alpha value is -1.85. The molecule has 1 heterocycles. The predicted molar refractivity (Wildman–Crippen MR) is 87.8 cm³/mol. The van der Waals surface area contributed by atoms with Crippen molar-refractivity contribution in [1.29, 1.82) is 0 Å². The van der Waals surface area contributed by atoms with E-state index >= 15 is 0 Å². The molecular weight excluding hydrogens is 280 g/mol. The summed E-state index contributed by atoms with van der Waals surface area (Å²) in [6.07, 6.45) is 3.26. The summed E-state index contributed by atoms with van der Waals surface area (Å²) >= 11 is 0. The van der Waals surface area contributed by atoms with Gasteiger partial charge in [-0.3, -0.25) is 4.79 Å². The molecule has 0 atom stereocenters. The number of morpholine rings is 1. The Labute approximate surface area is 131 Å². The average molecular weight is 304 g/mol. The molecule has 0 unspecified atom stereocenters. The molecule has 1 amide bonds. The number of benzene rings is 1. The molecule has 0 spiro atoms. The van der Waals surface area contributed by atoms with Crippen LogP contribution in [0.4, 0.5) is 5.69 Å². The minimum Gasteiger partial charge on any atom is -0.394 e. The molecule has 1 aliphatic rings. The molecule has 22 heavy (non-hydrogen) atoms. The highest BCUT2D eigenvalue weighted by molar-refractivity contribution is 5.92. The molecule has 0 aromatic heterocycles. The number of amides is 1. The molecule has 0 saturated carbocycles. The molecule has 0 radical (unpaired) electrons. The summed E-state index contributed by atoms with van der Waals surface area (Å²) in [5, 5.41) is 11.9. The third kappa shape index (κ3) is 4.86. The third-order valence-corrected chi connectivity index (χ3v) is 3.55. The van der Waals surface area contributed by atoms with Crippen LogP contribution in [0.1, 0.15) is 19.4 Å². The first-order valence-electron chi connectivity index (χ1n) is 7.54. The quantitative estimate of drug-likeness (QED) is 0.808. The van der Waals surface area contributed by atoms with Gasteiger partial charge >= 0.3 is 0 Å². The van der Waals surface area contributed by atoms with Crippen LogP contribution in [-0.4, -0.2) is 49.5 Å². The van der Waals surface area contributed by atoms with Crippen LogP contribution in [0.5, 0.6) is 0 Å². The molecule has 0 bridgehead atoms. The van der Waals surface area contributed by atoms with Crippen molar-refractivity contribution in [1.82, 2.24) is 5.32 Å². The van der Waals surface area contributed by atoms with Gasteiger partial charge in [0.05, 0.1) is 25.4 Å². The van der Waals surface area contributed by atoms with E-state index in [1.807, 2.05) is 12.1 Å². The van der Waals surface area contributed by atoms with Gasteiger partial charge in [-0.15, -0.1) is 0 Å². The van der Waals surface area contributed by atoms with Crippen LogP contribution in [0, 0.1) is 0 Å². The van der Waals surface area contributed by atoms with Crippen molar-refractivity contribution in [3.8, 4) is 0 Å². The van der Waals surface area contributed by atoms with Crippen LogP contribution in [0.15, 0.2) is 30.3 Å². The van der Waals surface area contributed by atoms with Gasteiger partial charge in [-0.25, -0.2) is 0 Å². The first-order valence-corrected chi connectivity index (χ1v) is 7.54. The SMILES string of the molecule is CC(C)(CO)NC(=O)/C=C/c1ccc(N2CCOCC2)cc1. The van der Waals surface area contributed by atoms with Gasteiger partial charge in [0.15, 0.2) is 0 Å². The molecule has 2 N–H and O–H groups in total. The molecule has 1 aromatic carbocycles. The van der Waals surface area contributed by atoms with E-state index in [4.69, 9.17) is 9.84 Å². The number of hydrogen-bond acceptors (Lipinski definition) is 4. The minimum absolute atomic E-state index is 0.0964. The summed E-state index contributed by atoms with van der Waals surface area (Å²) < 4.78 is 5.34. The van der Waals surface area contributed by atoms with Crippen LogP contribution >= 0.6 is 0 Å². The molecule has 1 saturated heterocycles. The number of ether oxygens (including phenoxy) is 1. The van der Waals surface area contributed by atoms with E-state index < -0.39 is 5.54 Å². The molecule has 5 nitrogen and oxygen atoms in total. The van der Waals surface area contributed by atoms with Gasteiger partial charge < -0.3 is 20.1 Å². The smallest absolute Gasteiger partial charge is 0.244 e. The Morgan fingerprint density at radius 2 is 1.95 bits per heavy atom. The number of carbonyl (C=O) groups is 1. The van der Waals surface area contributed by atoms with Crippen LogP contribution in [-0.2, 0) is 9.53 Å². The van der Waals surface area contributed by atoms with E-state index in [1.165, 1.54) is 11.8 Å². The number of aliphatic hydroxyl groups excluding tert-OH is 1. The maximum Gasteiger partial charge on any atom is 0.244 e. The maximum absolute atomic E-state index is 11.8. The Bertz CT molecular complexity index is 517. The molecule has 1 aliphatic heterocycles. The molecule has 0 aliphatic carbocycles. The van der Waals surface area contributed by atoms with Gasteiger partial charge in [-0.05, 0) is 37.6 Å². The fourth-order valence-corrected chi connectivity index (χ4v) is 2.20. The lowest BCUT2D eigenvalue weighted by atomic mass is 10.1. The largest absolute Gasteiger partial charge is 0.394 e. The van der Waals surface area contributed by atoms with Gasteiger partial charge in [0.2, 0.25) is 5.91 Å². The minimum atomic E-state index is -0.610.